The number of carbonyl (C=O) groups excluding carboxylic acids is 11. The van der Waals surface area contributed by atoms with Gasteiger partial charge in [-0.3, -0.25) is 52.7 Å². The number of nitrogens with zero attached hydrogens (tertiary/aromatic N) is 9. The first-order valence-corrected chi connectivity index (χ1v) is 32.2. The topological polar surface area (TPSA) is 241 Å². The molecule has 22 nitrogen and oxygen atoms in total. The molecule has 1 aromatic rings. The van der Waals surface area contributed by atoms with Gasteiger partial charge in [0, 0.05) is 74.9 Å². The largest absolute Gasteiger partial charge is 0.417 e. The lowest BCUT2D eigenvalue weighted by molar-refractivity contribution is -0.160. The van der Waals surface area contributed by atoms with E-state index in [9.17, 15) is 61.1 Å². The Labute approximate surface area is 534 Å². The van der Waals surface area contributed by atoms with Gasteiger partial charge >= 0.3 is 6.18 Å². The minimum absolute atomic E-state index is 0.0369. The standard InChI is InChI=1S/C64H99ClF3N11O11/c1-17-38(4)53-61(89)74(13)41(7)55(83)79-31-29-48(79)58(86)75(14)50(35-42-22-19-18-20-23-42)57(85)71(10)36-51(80)69-46(28-26-43-25-27-44(45(65)34-43)64(66,67)68)56(84)78-30-21-24-47(78)60(88)77(16)63(8,9)62(90)76(15)49(32-37(2)3)59(87)72(11)39(5)33-52(81)73(12)40(6)54(82)70-53/h25,27,34,37-42,46-50,53H,17-24,26,28-33,35-36H2,1-16H3,(H,69,80)(H,70,82)/t38-,39+,40-,41-,46-,47-,48-,49-,50-,53-/m0/s1. The average Bonchev–Trinajstić information content (AvgIpc) is 1.26. The maximum Gasteiger partial charge on any atom is 0.417 e. The monoisotopic (exact) mass is 1290 g/mol. The van der Waals surface area contributed by atoms with Crippen molar-refractivity contribution in [2.75, 3.05) is 69.0 Å². The molecule has 3 saturated heterocycles. The van der Waals surface area contributed by atoms with E-state index in [2.05, 4.69) is 10.6 Å². The summed E-state index contributed by atoms with van der Waals surface area (Å²) in [4.78, 5) is 172. The minimum Gasteiger partial charge on any atom is -0.343 e. The number of aryl methyl sites for hydroxylation is 1. The van der Waals surface area contributed by atoms with E-state index in [1.54, 1.807) is 13.8 Å². The van der Waals surface area contributed by atoms with Crippen molar-refractivity contribution in [3.8, 4) is 0 Å². The second-order valence-electron chi connectivity index (χ2n) is 26.6. The summed E-state index contributed by atoms with van der Waals surface area (Å²) in [6.45, 7) is 14.7. The third-order valence-corrected chi connectivity index (χ3v) is 19.9. The molecular formula is C64H99ClF3N11O11. The highest BCUT2D eigenvalue weighted by Gasteiger charge is 2.49. The highest BCUT2D eigenvalue weighted by Crippen LogP contribution is 2.36. The van der Waals surface area contributed by atoms with Gasteiger partial charge in [-0.05, 0) is 115 Å². The van der Waals surface area contributed by atoms with E-state index in [0.717, 1.165) is 49.1 Å². The summed E-state index contributed by atoms with van der Waals surface area (Å²) in [7, 11) is 10.1. The number of benzene rings is 1. The summed E-state index contributed by atoms with van der Waals surface area (Å²) >= 11 is 6.12. The third kappa shape index (κ3) is 17.3. The molecule has 3 aliphatic heterocycles. The molecule has 11 amide bonds. The first kappa shape index (κ1) is 74.2. The van der Waals surface area contributed by atoms with Gasteiger partial charge in [0.05, 0.1) is 17.1 Å². The molecule has 1 aliphatic carbocycles. The van der Waals surface area contributed by atoms with Crippen LogP contribution in [0.2, 0.25) is 5.02 Å². The summed E-state index contributed by atoms with van der Waals surface area (Å²) in [6, 6.07) is -6.72. The molecule has 0 aromatic heterocycles. The number of carbonyl (C=O) groups is 11. The lowest BCUT2D eigenvalue weighted by Crippen LogP contribution is -2.65. The fourth-order valence-electron chi connectivity index (χ4n) is 12.5. The van der Waals surface area contributed by atoms with Gasteiger partial charge < -0.3 is 54.7 Å². The van der Waals surface area contributed by atoms with Gasteiger partial charge in [-0.15, -0.1) is 0 Å². The van der Waals surface area contributed by atoms with E-state index in [1.807, 2.05) is 20.8 Å². The number of fused-ring (bicyclic) bond motifs is 2. The molecular weight excluding hydrogens is 1190 g/mol. The molecule has 1 saturated carbocycles. The molecule has 0 spiro atoms. The Hall–Kier alpha value is -6.53. The van der Waals surface area contributed by atoms with E-state index >= 15 is 4.79 Å². The van der Waals surface area contributed by atoms with Gasteiger partial charge in [0.1, 0.15) is 53.9 Å². The van der Waals surface area contributed by atoms with Crippen LogP contribution in [0.5, 0.6) is 0 Å². The Morgan fingerprint density at radius 3 is 1.82 bits per heavy atom. The number of halogens is 4. The molecule has 0 bridgehead atoms. The van der Waals surface area contributed by atoms with Crippen LogP contribution < -0.4 is 10.6 Å². The van der Waals surface area contributed by atoms with Crippen molar-refractivity contribution in [2.24, 2.45) is 17.8 Å². The Balaban J connectivity index is 1.56. The Morgan fingerprint density at radius 2 is 1.26 bits per heavy atom. The predicted octanol–water partition coefficient (Wildman–Crippen LogP) is 5.21. The van der Waals surface area contributed by atoms with Crippen molar-refractivity contribution in [2.45, 2.75) is 218 Å². The van der Waals surface area contributed by atoms with Crippen molar-refractivity contribution >= 4 is 76.6 Å². The normalized spacial score (nSPS) is 27.9. The fourth-order valence-corrected chi connectivity index (χ4v) is 12.8. The highest BCUT2D eigenvalue weighted by molar-refractivity contribution is 6.31. The lowest BCUT2D eigenvalue weighted by Gasteiger charge is -2.45. The van der Waals surface area contributed by atoms with E-state index in [1.165, 1.54) is 122 Å². The molecule has 0 radical (unpaired) electrons. The smallest absolute Gasteiger partial charge is 0.343 e. The molecule has 3 heterocycles. The van der Waals surface area contributed by atoms with Crippen LogP contribution >= 0.6 is 11.6 Å². The van der Waals surface area contributed by atoms with E-state index in [4.69, 9.17) is 11.6 Å². The van der Waals surface area contributed by atoms with Crippen molar-refractivity contribution in [1.29, 1.82) is 0 Å². The van der Waals surface area contributed by atoms with Gasteiger partial charge in [0.2, 0.25) is 65.0 Å². The van der Waals surface area contributed by atoms with Gasteiger partial charge in [0.25, 0.3) is 0 Å². The average molecular weight is 1290 g/mol. The SMILES string of the molecule is CC[C@H](C)[C@@H]1NC(=O)[C@H](C)N(C)C(=O)C[C@@H](C)N(C)C(=O)[C@H](CC(C)C)N(C)C(=O)C(C)(C)N(C)C(=O)[C@@H]2CCCN2C(=O)[C@H](CCc2ccc(C(F)(F)F)c(Cl)c2)NC(=O)CN(C)C(=O)[C@H](CC2CCCCC2)N(C)C(=O)[C@@H]2CCN2C(=O)[C@H](C)N(C)C1=O. The summed E-state index contributed by atoms with van der Waals surface area (Å²) in [5, 5.41) is 5.01. The van der Waals surface area contributed by atoms with Crippen LogP contribution in [0.25, 0.3) is 0 Å². The maximum absolute atomic E-state index is 15.0. The minimum atomic E-state index is -4.75. The Bertz CT molecular complexity index is 2820. The van der Waals surface area contributed by atoms with Gasteiger partial charge in [-0.2, -0.15) is 13.2 Å². The van der Waals surface area contributed by atoms with Crippen molar-refractivity contribution in [3.05, 3.63) is 34.3 Å². The third-order valence-electron chi connectivity index (χ3n) is 19.6. The molecule has 90 heavy (non-hydrogen) atoms. The molecule has 10 atom stereocenters. The number of amides is 11. The van der Waals surface area contributed by atoms with Crippen LogP contribution in [0.4, 0.5) is 13.2 Å². The van der Waals surface area contributed by atoms with Crippen LogP contribution in [-0.2, 0) is 65.3 Å². The first-order valence-electron chi connectivity index (χ1n) is 31.8. The molecule has 1 aromatic carbocycles. The highest BCUT2D eigenvalue weighted by atomic mass is 35.5. The van der Waals surface area contributed by atoms with Gasteiger partial charge in [-0.25, -0.2) is 0 Å². The molecule has 4 fully saturated rings. The molecule has 504 valence electrons. The Kier molecular flexibility index (Phi) is 25.7. The first-order chi connectivity index (χ1) is 41.9. The maximum atomic E-state index is 15.0. The van der Waals surface area contributed by atoms with Crippen LogP contribution in [-0.4, -0.2) is 238 Å². The van der Waals surface area contributed by atoms with Crippen LogP contribution in [0.3, 0.4) is 0 Å². The molecule has 0 unspecified atom stereocenters. The number of nitrogens with one attached hydrogen (secondary N) is 2. The molecule has 4 aliphatic rings. The van der Waals surface area contributed by atoms with E-state index in [-0.39, 0.29) is 69.9 Å². The summed E-state index contributed by atoms with van der Waals surface area (Å²) < 4.78 is 41.3. The Morgan fingerprint density at radius 1 is 0.644 bits per heavy atom. The number of likely N-dealkylation sites (N-methyl/N-ethyl adjacent to an activating group) is 7. The van der Waals surface area contributed by atoms with Crippen LogP contribution in [0.15, 0.2) is 18.2 Å². The molecule has 5 rings (SSSR count). The zero-order valence-corrected chi connectivity index (χ0v) is 56.5. The summed E-state index contributed by atoms with van der Waals surface area (Å²) in [5.41, 5.74) is -2.40. The van der Waals surface area contributed by atoms with Crippen molar-refractivity contribution < 1.29 is 65.9 Å². The van der Waals surface area contributed by atoms with E-state index < -0.39 is 154 Å². The quantitative estimate of drug-likeness (QED) is 0.325. The number of hydrogen-bond donors (Lipinski definition) is 2. The van der Waals surface area contributed by atoms with Crippen LogP contribution in [0.1, 0.15) is 157 Å². The summed E-state index contributed by atoms with van der Waals surface area (Å²) in [5.74, 6) is -7.20. The van der Waals surface area contributed by atoms with Crippen molar-refractivity contribution in [3.63, 3.8) is 0 Å². The molecule has 2 N–H and O–H groups in total. The summed E-state index contributed by atoms with van der Waals surface area (Å²) in [6.07, 6.45) is 0.784. The zero-order valence-electron chi connectivity index (χ0n) is 55.7. The number of rotatable bonds is 9. The van der Waals surface area contributed by atoms with Gasteiger partial charge in [0.15, 0.2) is 0 Å². The number of hydrogen-bond acceptors (Lipinski definition) is 11. The second-order valence-corrected chi connectivity index (χ2v) is 27.0. The number of alkyl halides is 3. The lowest BCUT2D eigenvalue weighted by atomic mass is 9.84. The molecule has 26 heteroatoms. The van der Waals surface area contributed by atoms with Crippen LogP contribution in [0, 0.1) is 17.8 Å². The zero-order chi connectivity index (χ0) is 67.8. The second kappa shape index (κ2) is 31.2. The predicted molar refractivity (Wildman–Crippen MR) is 333 cm³/mol. The van der Waals surface area contributed by atoms with Crippen molar-refractivity contribution in [1.82, 2.24) is 54.7 Å². The fraction of sp³-hybridized carbons (Fsp3) is 0.734. The van der Waals surface area contributed by atoms with Gasteiger partial charge in [-0.1, -0.05) is 83.9 Å². The van der Waals surface area contributed by atoms with E-state index in [0.29, 0.717) is 18.4 Å².